The molecule has 0 radical (unpaired) electrons. The third-order valence-electron chi connectivity index (χ3n) is 9.11. The van der Waals surface area contributed by atoms with Gasteiger partial charge in [-0.25, -0.2) is 9.59 Å². The van der Waals surface area contributed by atoms with E-state index in [0.717, 1.165) is 12.2 Å². The molecule has 12 nitrogen and oxygen atoms in total. The van der Waals surface area contributed by atoms with E-state index >= 15 is 0 Å². The fourth-order valence-electron chi connectivity index (χ4n) is 5.64. The van der Waals surface area contributed by atoms with Gasteiger partial charge in [-0.15, -0.1) is 0 Å². The van der Waals surface area contributed by atoms with E-state index in [4.69, 9.17) is 29.2 Å². The molecule has 0 atom stereocenters. The van der Waals surface area contributed by atoms with Crippen molar-refractivity contribution in [3.63, 3.8) is 0 Å². The molecule has 58 heavy (non-hydrogen) atoms. The monoisotopic (exact) mass is 819 g/mol. The van der Waals surface area contributed by atoms with Gasteiger partial charge in [0, 0.05) is 12.2 Å². The standard InChI is InChI=1S/2C12H27N.2C11H12O5/c2*1-4-7-10-13(11-8-5-2)12-9-6-3;2*1-15-8-5-7(3-4-10(12)13)6-9(16-2)11(8)14/h2*4-12H2,1-3H3;2*3-6,14H,1-2H3,(H,12,13)/b;;2*4-3+. The van der Waals surface area contributed by atoms with Gasteiger partial charge in [0.1, 0.15) is 23.0 Å². The van der Waals surface area contributed by atoms with Gasteiger partial charge in [-0.1, -0.05) is 80.1 Å². The van der Waals surface area contributed by atoms with E-state index in [9.17, 15) is 19.8 Å². The molecular weight excluding hydrogens is 741 g/mol. The highest BCUT2D eigenvalue weighted by atomic mass is 16.5. The molecule has 0 saturated carbocycles. The molecule has 0 aliphatic carbocycles. The van der Waals surface area contributed by atoms with Crippen LogP contribution >= 0.6 is 0 Å². The summed E-state index contributed by atoms with van der Waals surface area (Å²) in [6.45, 7) is 22.1. The first-order valence-corrected chi connectivity index (χ1v) is 21.2. The lowest BCUT2D eigenvalue weighted by atomic mass is 10.1. The Labute approximate surface area is 350 Å². The number of unbranched alkanes of at least 4 members (excludes halogenated alkanes) is 6. The van der Waals surface area contributed by atoms with Gasteiger partial charge in [0.05, 0.1) is 67.7 Å². The number of carboxylic acid groups (broad SMARTS) is 2. The summed E-state index contributed by atoms with van der Waals surface area (Å²) < 4.78 is 19.4. The maximum absolute atomic E-state index is 11.5. The summed E-state index contributed by atoms with van der Waals surface area (Å²) in [4.78, 5) is 24.4. The summed E-state index contributed by atoms with van der Waals surface area (Å²) in [6.07, 6.45) is 21.2. The number of quaternary nitrogens is 2. The molecule has 2 aromatic rings. The highest BCUT2D eigenvalue weighted by molar-refractivity contribution is 5.86. The van der Waals surface area contributed by atoms with Crippen LogP contribution in [-0.4, -0.2) is 89.9 Å². The van der Waals surface area contributed by atoms with E-state index in [-0.39, 0.29) is 34.5 Å². The molecule has 0 unspecified atom stereocenters. The quantitative estimate of drug-likeness (QED) is 0.0793. The van der Waals surface area contributed by atoms with E-state index in [1.54, 1.807) is 0 Å². The fraction of sp³-hybridized carbons (Fsp3) is 0.609. The van der Waals surface area contributed by atoms with Crippen LogP contribution in [0.4, 0.5) is 0 Å². The van der Waals surface area contributed by atoms with Crippen LogP contribution < -0.4 is 39.0 Å². The highest BCUT2D eigenvalue weighted by Gasteiger charge is 2.07. The number of hydrogen-bond donors (Lipinski definition) is 4. The molecule has 0 amide bonds. The summed E-state index contributed by atoms with van der Waals surface area (Å²) in [5.74, 6) is -2.40. The zero-order chi connectivity index (χ0) is 44.1. The molecule has 2 aromatic carbocycles. The van der Waals surface area contributed by atoms with Crippen molar-refractivity contribution in [3.8, 4) is 34.5 Å². The number of methoxy groups -OCH3 is 4. The molecule has 0 bridgehead atoms. The minimum Gasteiger partial charge on any atom is -0.867 e. The van der Waals surface area contributed by atoms with Crippen LogP contribution in [0, 0.1) is 0 Å². The third kappa shape index (κ3) is 27.3. The first-order chi connectivity index (χ1) is 27.8. The first kappa shape index (κ1) is 55.7. The number of ether oxygens (including phenoxy) is 4. The van der Waals surface area contributed by atoms with Crippen molar-refractivity contribution in [2.75, 3.05) is 67.7 Å². The Morgan fingerprint density at radius 3 is 0.845 bits per heavy atom. The molecule has 0 aromatic heterocycles. The smallest absolute Gasteiger partial charge is 0.328 e. The molecule has 0 saturated heterocycles. The van der Waals surface area contributed by atoms with Crippen LogP contribution in [0.1, 0.15) is 130 Å². The van der Waals surface area contributed by atoms with E-state index < -0.39 is 11.9 Å². The van der Waals surface area contributed by atoms with Gasteiger partial charge in [-0.05, 0) is 97.6 Å². The minimum atomic E-state index is -1.07. The third-order valence-corrected chi connectivity index (χ3v) is 9.11. The molecule has 0 fully saturated rings. The maximum Gasteiger partial charge on any atom is 0.328 e. The number of hydrogen-bond acceptors (Lipinski definition) is 8. The first-order valence-electron chi connectivity index (χ1n) is 21.2. The van der Waals surface area contributed by atoms with Crippen molar-refractivity contribution in [2.24, 2.45) is 0 Å². The second-order valence-electron chi connectivity index (χ2n) is 14.0. The van der Waals surface area contributed by atoms with Gasteiger partial charge in [0.2, 0.25) is 0 Å². The topological polar surface area (TPSA) is 167 Å². The highest BCUT2D eigenvalue weighted by Crippen LogP contribution is 2.36. The largest absolute Gasteiger partial charge is 0.867 e. The van der Waals surface area contributed by atoms with E-state index in [0.29, 0.717) is 11.1 Å². The number of rotatable bonds is 26. The lowest BCUT2D eigenvalue weighted by molar-refractivity contribution is -0.900. The van der Waals surface area contributed by atoms with Crippen LogP contribution in [0.25, 0.3) is 12.2 Å². The Kier molecular flexibility index (Phi) is 35.4. The van der Waals surface area contributed by atoms with E-state index in [1.165, 1.54) is 181 Å². The second kappa shape index (κ2) is 36.9. The Balaban J connectivity index is 0. The van der Waals surface area contributed by atoms with Crippen LogP contribution in [0.5, 0.6) is 34.5 Å². The van der Waals surface area contributed by atoms with Crippen molar-refractivity contribution in [2.45, 2.75) is 119 Å². The van der Waals surface area contributed by atoms with Crippen LogP contribution in [0.2, 0.25) is 0 Å². The molecule has 0 heterocycles. The molecule has 0 aliphatic rings. The molecular formula is C46H78N2O10. The van der Waals surface area contributed by atoms with Gasteiger partial charge in [0.25, 0.3) is 0 Å². The van der Waals surface area contributed by atoms with Crippen LogP contribution in [0.3, 0.4) is 0 Å². The Hall–Kier alpha value is -4.42. The zero-order valence-electron chi connectivity index (χ0n) is 37.5. The van der Waals surface area contributed by atoms with Gasteiger partial charge in [-0.2, -0.15) is 0 Å². The Morgan fingerprint density at radius 1 is 0.483 bits per heavy atom. The van der Waals surface area contributed by atoms with Gasteiger partial charge in [0.15, 0.2) is 0 Å². The Bertz CT molecular complexity index is 1220. The predicted octanol–water partition coefficient (Wildman–Crippen LogP) is 6.29. The zero-order valence-corrected chi connectivity index (χ0v) is 37.5. The summed E-state index contributed by atoms with van der Waals surface area (Å²) in [6, 6.07) is 5.79. The van der Waals surface area contributed by atoms with E-state index in [2.05, 4.69) is 41.5 Å². The van der Waals surface area contributed by atoms with Crippen molar-refractivity contribution in [1.29, 1.82) is 0 Å². The molecule has 332 valence electrons. The number of aliphatic carboxylic acids is 2. The number of carbonyl (C=O) groups is 2. The van der Waals surface area contributed by atoms with Crippen LogP contribution in [-0.2, 0) is 9.59 Å². The van der Waals surface area contributed by atoms with Crippen LogP contribution in [0.15, 0.2) is 36.4 Å². The number of nitrogens with one attached hydrogen (secondary N) is 2. The molecule has 2 rings (SSSR count). The summed E-state index contributed by atoms with van der Waals surface area (Å²) in [5.41, 5.74) is 1.05. The lowest BCUT2D eigenvalue weighted by Crippen LogP contribution is -3.12. The lowest BCUT2D eigenvalue weighted by Gasteiger charge is -2.18. The number of carboxylic acids is 2. The summed E-state index contributed by atoms with van der Waals surface area (Å²) in [5, 5.41) is 40.0. The second-order valence-corrected chi connectivity index (χ2v) is 14.0. The van der Waals surface area contributed by atoms with E-state index in [1.807, 2.05) is 9.80 Å². The van der Waals surface area contributed by atoms with Gasteiger partial charge < -0.3 is 49.2 Å². The molecule has 0 spiro atoms. The maximum atomic E-state index is 11.5. The number of benzene rings is 2. The average Bonchev–Trinajstić information content (AvgIpc) is 3.22. The molecule has 0 aliphatic heterocycles. The fourth-order valence-corrected chi connectivity index (χ4v) is 5.64. The minimum absolute atomic E-state index is 0.115. The van der Waals surface area contributed by atoms with Crippen molar-refractivity contribution >= 4 is 24.1 Å². The summed E-state index contributed by atoms with van der Waals surface area (Å²) in [7, 11) is 5.45. The SMILES string of the molecule is CCCC[NH+](CCCC)CCCC.CCCC[NH+](CCCC)CCCC.COc1cc(/C=C/C(=O)O)cc(OC)c1[O-].COc1cc(/C=C/C(=O)O)cc(OC)c1[O-]. The molecule has 4 N–H and O–H groups in total. The predicted molar refractivity (Wildman–Crippen MR) is 232 cm³/mol. The van der Waals surface area contributed by atoms with Crippen molar-refractivity contribution in [1.82, 2.24) is 0 Å². The Morgan fingerprint density at radius 2 is 0.690 bits per heavy atom. The average molecular weight is 819 g/mol. The normalized spacial score (nSPS) is 10.7. The molecule has 12 heteroatoms. The van der Waals surface area contributed by atoms with Gasteiger partial charge in [-0.3, -0.25) is 0 Å². The van der Waals surface area contributed by atoms with Crippen molar-refractivity contribution in [3.05, 3.63) is 47.5 Å². The summed E-state index contributed by atoms with van der Waals surface area (Å²) >= 11 is 0. The van der Waals surface area contributed by atoms with Gasteiger partial charge >= 0.3 is 11.9 Å². The van der Waals surface area contributed by atoms with Crippen molar-refractivity contribution < 1.29 is 58.8 Å².